The maximum atomic E-state index is 12.8. The van der Waals surface area contributed by atoms with Gasteiger partial charge in [-0.1, -0.05) is 42.5 Å². The molecule has 0 heterocycles. The fourth-order valence-corrected chi connectivity index (χ4v) is 3.61. The Morgan fingerprint density at radius 3 is 2.32 bits per heavy atom. The first-order valence-corrected chi connectivity index (χ1v) is 8.79. The van der Waals surface area contributed by atoms with E-state index in [-0.39, 0.29) is 20.6 Å². The summed E-state index contributed by atoms with van der Waals surface area (Å²) in [5, 5.41) is 11.9. The van der Waals surface area contributed by atoms with E-state index in [2.05, 4.69) is 4.74 Å². The molecular weight excluding hydrogens is 342 g/mol. The molecule has 0 saturated heterocycles. The standard InChI is InChI=1S/C18H15NO5S/c1-24-18(20)16-8-4-5-9-17(16)19(21)25(22,23)15-11-10-13-6-2-3-7-14(13)12-15/h2-12,21H,1H3. The highest BCUT2D eigenvalue weighted by atomic mass is 32.2. The zero-order valence-electron chi connectivity index (χ0n) is 13.3. The Labute approximate surface area is 144 Å². The van der Waals surface area contributed by atoms with Crippen LogP contribution in [-0.2, 0) is 14.8 Å². The smallest absolute Gasteiger partial charge is 0.340 e. The van der Waals surface area contributed by atoms with Crippen molar-refractivity contribution in [2.45, 2.75) is 4.90 Å². The number of rotatable bonds is 4. The lowest BCUT2D eigenvalue weighted by Gasteiger charge is -2.19. The van der Waals surface area contributed by atoms with Gasteiger partial charge >= 0.3 is 5.97 Å². The first-order valence-electron chi connectivity index (χ1n) is 7.35. The first-order chi connectivity index (χ1) is 11.9. The van der Waals surface area contributed by atoms with Gasteiger partial charge in [-0.15, -0.1) is 4.47 Å². The van der Waals surface area contributed by atoms with Crippen molar-refractivity contribution in [3.8, 4) is 0 Å². The minimum absolute atomic E-state index is 0.0585. The number of benzene rings is 3. The molecule has 0 spiro atoms. The molecule has 0 aliphatic rings. The Hall–Kier alpha value is -2.90. The highest BCUT2D eigenvalue weighted by molar-refractivity contribution is 7.92. The van der Waals surface area contributed by atoms with Crippen molar-refractivity contribution in [3.63, 3.8) is 0 Å². The summed E-state index contributed by atoms with van der Waals surface area (Å²) in [4.78, 5) is 11.7. The predicted octanol–water partition coefficient (Wildman–Crippen LogP) is 3.21. The first kappa shape index (κ1) is 16.9. The molecule has 3 aromatic carbocycles. The van der Waals surface area contributed by atoms with E-state index in [4.69, 9.17) is 0 Å². The number of nitrogens with zero attached hydrogens (tertiary/aromatic N) is 1. The second-order valence-corrected chi connectivity index (χ2v) is 7.03. The summed E-state index contributed by atoms with van der Waals surface area (Å²) in [5.74, 6) is -0.747. The van der Waals surface area contributed by atoms with Crippen LogP contribution in [0, 0.1) is 0 Å². The Morgan fingerprint density at radius 2 is 1.60 bits per heavy atom. The Bertz CT molecular complexity index is 1050. The SMILES string of the molecule is COC(=O)c1ccccc1N(O)S(=O)(=O)c1ccc2ccccc2c1. The molecule has 0 unspecified atom stereocenters. The summed E-state index contributed by atoms with van der Waals surface area (Å²) >= 11 is 0. The van der Waals surface area contributed by atoms with E-state index >= 15 is 0 Å². The van der Waals surface area contributed by atoms with Crippen molar-refractivity contribution in [1.29, 1.82) is 0 Å². The number of anilines is 1. The molecular formula is C18H15NO5S. The van der Waals surface area contributed by atoms with Gasteiger partial charge in [-0.2, -0.15) is 8.42 Å². The number of methoxy groups -OCH3 is 1. The molecule has 3 aromatic rings. The average Bonchev–Trinajstić information content (AvgIpc) is 2.66. The van der Waals surface area contributed by atoms with Crippen molar-refractivity contribution in [1.82, 2.24) is 0 Å². The minimum atomic E-state index is -4.27. The highest BCUT2D eigenvalue weighted by Gasteiger charge is 2.27. The van der Waals surface area contributed by atoms with Crippen LogP contribution in [0.1, 0.15) is 10.4 Å². The molecule has 0 atom stereocenters. The monoisotopic (exact) mass is 357 g/mol. The topological polar surface area (TPSA) is 83.9 Å². The van der Waals surface area contributed by atoms with Gasteiger partial charge in [0.25, 0.3) is 10.0 Å². The molecule has 0 aromatic heterocycles. The van der Waals surface area contributed by atoms with E-state index < -0.39 is 16.0 Å². The van der Waals surface area contributed by atoms with Crippen molar-refractivity contribution < 1.29 is 23.2 Å². The molecule has 0 aliphatic heterocycles. The van der Waals surface area contributed by atoms with E-state index in [1.807, 2.05) is 12.1 Å². The van der Waals surface area contributed by atoms with Crippen LogP contribution in [0.25, 0.3) is 10.8 Å². The van der Waals surface area contributed by atoms with Crippen molar-refractivity contribution in [2.24, 2.45) is 0 Å². The number of para-hydroxylation sites is 1. The lowest BCUT2D eigenvalue weighted by atomic mass is 10.1. The van der Waals surface area contributed by atoms with Gasteiger partial charge in [0.05, 0.1) is 23.3 Å². The van der Waals surface area contributed by atoms with Crippen LogP contribution in [-0.4, -0.2) is 26.7 Å². The zero-order chi connectivity index (χ0) is 18.0. The average molecular weight is 357 g/mol. The summed E-state index contributed by atoms with van der Waals surface area (Å²) < 4.78 is 30.3. The molecule has 0 amide bonds. The third-order valence-corrected chi connectivity index (χ3v) is 5.26. The lowest BCUT2D eigenvalue weighted by Crippen LogP contribution is -2.29. The zero-order valence-corrected chi connectivity index (χ0v) is 14.1. The molecule has 128 valence electrons. The molecule has 25 heavy (non-hydrogen) atoms. The summed E-state index contributed by atoms with van der Waals surface area (Å²) in [6.45, 7) is 0. The van der Waals surface area contributed by atoms with Gasteiger partial charge in [0.1, 0.15) is 0 Å². The fraction of sp³-hybridized carbons (Fsp3) is 0.0556. The predicted molar refractivity (Wildman–Crippen MR) is 93.2 cm³/mol. The lowest BCUT2D eigenvalue weighted by molar-refractivity contribution is 0.0600. The van der Waals surface area contributed by atoms with E-state index in [0.29, 0.717) is 0 Å². The number of sulfonamides is 1. The molecule has 6 nitrogen and oxygen atoms in total. The number of hydrogen-bond acceptors (Lipinski definition) is 5. The maximum absolute atomic E-state index is 12.8. The fourth-order valence-electron chi connectivity index (χ4n) is 2.48. The quantitative estimate of drug-likeness (QED) is 0.572. The third-order valence-electron chi connectivity index (χ3n) is 3.76. The maximum Gasteiger partial charge on any atom is 0.340 e. The van der Waals surface area contributed by atoms with Crippen LogP contribution < -0.4 is 4.47 Å². The van der Waals surface area contributed by atoms with Crippen molar-refractivity contribution in [2.75, 3.05) is 11.6 Å². The van der Waals surface area contributed by atoms with Crippen LogP contribution >= 0.6 is 0 Å². The van der Waals surface area contributed by atoms with E-state index in [0.717, 1.165) is 10.8 Å². The van der Waals surface area contributed by atoms with Gasteiger partial charge in [0.2, 0.25) is 0 Å². The number of carbonyl (C=O) groups excluding carboxylic acids is 1. The van der Waals surface area contributed by atoms with Gasteiger partial charge in [-0.05, 0) is 35.0 Å². The van der Waals surface area contributed by atoms with Crippen LogP contribution in [0.15, 0.2) is 71.6 Å². The van der Waals surface area contributed by atoms with E-state index in [1.54, 1.807) is 24.3 Å². The van der Waals surface area contributed by atoms with Gasteiger partial charge < -0.3 is 4.74 Å². The van der Waals surface area contributed by atoms with E-state index in [1.165, 1.54) is 37.4 Å². The summed E-state index contributed by atoms with van der Waals surface area (Å²) in [7, 11) is -3.09. The summed E-state index contributed by atoms with van der Waals surface area (Å²) in [6, 6.07) is 17.6. The molecule has 3 rings (SSSR count). The molecule has 1 N–H and O–H groups in total. The van der Waals surface area contributed by atoms with E-state index in [9.17, 15) is 18.4 Å². The second kappa shape index (κ2) is 6.54. The van der Waals surface area contributed by atoms with Gasteiger partial charge in [0.15, 0.2) is 0 Å². The van der Waals surface area contributed by atoms with Crippen LogP contribution in [0.4, 0.5) is 5.69 Å². The Morgan fingerprint density at radius 1 is 0.960 bits per heavy atom. The van der Waals surface area contributed by atoms with Crippen LogP contribution in [0.2, 0.25) is 0 Å². The van der Waals surface area contributed by atoms with Crippen molar-refractivity contribution in [3.05, 3.63) is 72.3 Å². The summed E-state index contributed by atoms with van der Waals surface area (Å²) in [6.07, 6.45) is 0. The molecule has 0 radical (unpaired) electrons. The normalized spacial score (nSPS) is 11.3. The Balaban J connectivity index is 2.09. The summed E-state index contributed by atoms with van der Waals surface area (Å²) in [5.41, 5.74) is -0.237. The van der Waals surface area contributed by atoms with Gasteiger partial charge in [-0.3, -0.25) is 5.21 Å². The van der Waals surface area contributed by atoms with Crippen molar-refractivity contribution >= 4 is 32.5 Å². The number of esters is 1. The molecule has 0 bridgehead atoms. The van der Waals surface area contributed by atoms with Gasteiger partial charge in [-0.25, -0.2) is 4.79 Å². The highest BCUT2D eigenvalue weighted by Crippen LogP contribution is 2.27. The number of carbonyl (C=O) groups is 1. The molecule has 0 fully saturated rings. The number of hydrogen-bond donors (Lipinski definition) is 1. The number of fused-ring (bicyclic) bond motifs is 1. The number of ether oxygens (including phenoxy) is 1. The molecule has 0 aliphatic carbocycles. The second-order valence-electron chi connectivity index (χ2n) is 5.27. The third kappa shape index (κ3) is 3.07. The van der Waals surface area contributed by atoms with Crippen LogP contribution in [0.3, 0.4) is 0 Å². The minimum Gasteiger partial charge on any atom is -0.465 e. The molecule has 7 heteroatoms. The molecule has 0 saturated carbocycles. The van der Waals surface area contributed by atoms with Crippen LogP contribution in [0.5, 0.6) is 0 Å². The Kier molecular flexibility index (Phi) is 4.43. The largest absolute Gasteiger partial charge is 0.465 e. The van der Waals surface area contributed by atoms with Gasteiger partial charge in [0, 0.05) is 0 Å².